The molecule has 0 bridgehead atoms. The number of rotatable bonds is 4. The van der Waals surface area contributed by atoms with E-state index in [-0.39, 0.29) is 11.6 Å². The maximum absolute atomic E-state index is 11.7. The summed E-state index contributed by atoms with van der Waals surface area (Å²) in [4.78, 5) is 15.6. The third kappa shape index (κ3) is 2.41. The van der Waals surface area contributed by atoms with Gasteiger partial charge in [-0.05, 0) is 6.92 Å². The third-order valence-electron chi connectivity index (χ3n) is 2.32. The second-order valence-corrected chi connectivity index (χ2v) is 3.55. The zero-order valence-electron chi connectivity index (χ0n) is 9.32. The summed E-state index contributed by atoms with van der Waals surface area (Å²) >= 11 is 0. The predicted octanol–water partition coefficient (Wildman–Crippen LogP) is -0.609. The monoisotopic (exact) mass is 235 g/mol. The second-order valence-electron chi connectivity index (χ2n) is 3.55. The molecule has 0 unspecified atom stereocenters. The lowest BCUT2D eigenvalue weighted by Crippen LogP contribution is -2.27. The number of nitrogens with two attached hydrogens (primary N) is 1. The van der Waals surface area contributed by atoms with Gasteiger partial charge in [0.05, 0.1) is 11.4 Å². The Morgan fingerprint density at radius 3 is 2.94 bits per heavy atom. The average molecular weight is 235 g/mol. The fourth-order valence-electron chi connectivity index (χ4n) is 1.34. The van der Waals surface area contributed by atoms with Gasteiger partial charge in [-0.25, -0.2) is 4.98 Å². The summed E-state index contributed by atoms with van der Waals surface area (Å²) in [5.74, 6) is 0.419. The Balaban J connectivity index is 1.87. The van der Waals surface area contributed by atoms with Crippen molar-refractivity contribution in [2.75, 3.05) is 12.3 Å². The van der Waals surface area contributed by atoms with E-state index in [4.69, 9.17) is 5.73 Å². The zero-order chi connectivity index (χ0) is 12.3. The Morgan fingerprint density at radius 2 is 2.35 bits per heavy atom. The lowest BCUT2D eigenvalue weighted by atomic mass is 10.3. The third-order valence-corrected chi connectivity index (χ3v) is 2.32. The van der Waals surface area contributed by atoms with E-state index < -0.39 is 0 Å². The highest BCUT2D eigenvalue weighted by Gasteiger charge is 2.14. The molecule has 8 nitrogen and oxygen atoms in total. The van der Waals surface area contributed by atoms with Crippen LogP contribution in [-0.4, -0.2) is 37.8 Å². The van der Waals surface area contributed by atoms with Crippen molar-refractivity contribution in [3.63, 3.8) is 0 Å². The minimum atomic E-state index is -0.300. The molecule has 1 amide bonds. The quantitative estimate of drug-likeness (QED) is 0.562. The van der Waals surface area contributed by atoms with Crippen molar-refractivity contribution in [2.45, 2.75) is 13.3 Å². The SMILES string of the molecule is Cc1[nH]nc(C(=O)NCCc2ncn[nH]2)c1N. The molecule has 0 aliphatic carbocycles. The lowest BCUT2D eigenvalue weighted by molar-refractivity contribution is 0.0950. The number of carbonyl (C=O) groups excluding carboxylic acids is 1. The summed E-state index contributed by atoms with van der Waals surface area (Å²) in [7, 11) is 0. The van der Waals surface area contributed by atoms with Crippen molar-refractivity contribution in [3.05, 3.63) is 23.5 Å². The summed E-state index contributed by atoms with van der Waals surface area (Å²) < 4.78 is 0. The Hall–Kier alpha value is -2.38. The van der Waals surface area contributed by atoms with Crippen LogP contribution < -0.4 is 11.1 Å². The molecular weight excluding hydrogens is 222 g/mol. The Kier molecular flexibility index (Phi) is 3.03. The van der Waals surface area contributed by atoms with Gasteiger partial charge in [-0.15, -0.1) is 0 Å². The number of anilines is 1. The molecule has 2 heterocycles. The topological polar surface area (TPSA) is 125 Å². The summed E-state index contributed by atoms with van der Waals surface area (Å²) in [5, 5.41) is 15.6. The Morgan fingerprint density at radius 1 is 1.53 bits per heavy atom. The molecule has 2 rings (SSSR count). The van der Waals surface area contributed by atoms with E-state index in [9.17, 15) is 4.79 Å². The van der Waals surface area contributed by atoms with Crippen molar-refractivity contribution >= 4 is 11.6 Å². The van der Waals surface area contributed by atoms with E-state index in [0.29, 0.717) is 24.3 Å². The fourth-order valence-corrected chi connectivity index (χ4v) is 1.34. The number of H-pyrrole nitrogens is 2. The number of nitrogens with zero attached hydrogens (tertiary/aromatic N) is 3. The van der Waals surface area contributed by atoms with Crippen LogP contribution in [0.4, 0.5) is 5.69 Å². The van der Waals surface area contributed by atoms with Gasteiger partial charge < -0.3 is 11.1 Å². The van der Waals surface area contributed by atoms with Crippen LogP contribution in [0.15, 0.2) is 6.33 Å². The highest BCUT2D eigenvalue weighted by atomic mass is 16.1. The standard InChI is InChI=1S/C9H13N7O/c1-5-7(10)8(16-14-5)9(17)11-3-2-6-12-4-13-15-6/h4H,2-3,10H2,1H3,(H,11,17)(H,14,16)(H,12,13,15). The maximum atomic E-state index is 11.7. The van der Waals surface area contributed by atoms with Gasteiger partial charge in [0.2, 0.25) is 0 Å². The number of hydrogen-bond acceptors (Lipinski definition) is 5. The molecule has 0 aliphatic heterocycles. The van der Waals surface area contributed by atoms with E-state index in [0.717, 1.165) is 5.82 Å². The van der Waals surface area contributed by atoms with Gasteiger partial charge in [0.1, 0.15) is 12.2 Å². The van der Waals surface area contributed by atoms with Gasteiger partial charge >= 0.3 is 0 Å². The molecule has 90 valence electrons. The largest absolute Gasteiger partial charge is 0.395 e. The highest BCUT2D eigenvalue weighted by Crippen LogP contribution is 2.11. The van der Waals surface area contributed by atoms with Crippen LogP contribution in [0, 0.1) is 6.92 Å². The molecule has 0 aliphatic rings. The summed E-state index contributed by atoms with van der Waals surface area (Å²) in [6.45, 7) is 2.20. The maximum Gasteiger partial charge on any atom is 0.273 e. The molecule has 17 heavy (non-hydrogen) atoms. The molecular formula is C9H13N7O. The first kappa shape index (κ1) is 11.1. The molecule has 0 saturated heterocycles. The molecule has 0 spiro atoms. The molecule has 0 radical (unpaired) electrons. The number of amides is 1. The molecule has 0 saturated carbocycles. The average Bonchev–Trinajstić information content (AvgIpc) is 2.91. The smallest absolute Gasteiger partial charge is 0.273 e. The van der Waals surface area contributed by atoms with Gasteiger partial charge in [-0.2, -0.15) is 10.2 Å². The minimum absolute atomic E-state index is 0.222. The lowest BCUT2D eigenvalue weighted by Gasteiger charge is -2.01. The van der Waals surface area contributed by atoms with Crippen LogP contribution in [0.2, 0.25) is 0 Å². The minimum Gasteiger partial charge on any atom is -0.395 e. The van der Waals surface area contributed by atoms with Crippen LogP contribution in [0.5, 0.6) is 0 Å². The van der Waals surface area contributed by atoms with E-state index in [1.54, 1.807) is 6.92 Å². The highest BCUT2D eigenvalue weighted by molar-refractivity contribution is 5.97. The van der Waals surface area contributed by atoms with Crippen LogP contribution in [-0.2, 0) is 6.42 Å². The van der Waals surface area contributed by atoms with Crippen LogP contribution >= 0.6 is 0 Å². The van der Waals surface area contributed by atoms with Crippen LogP contribution in [0.1, 0.15) is 22.0 Å². The predicted molar refractivity (Wildman–Crippen MR) is 60.2 cm³/mol. The molecule has 2 aromatic rings. The molecule has 8 heteroatoms. The van der Waals surface area contributed by atoms with Crippen molar-refractivity contribution in [3.8, 4) is 0 Å². The molecule has 0 aromatic carbocycles. The van der Waals surface area contributed by atoms with E-state index in [2.05, 4.69) is 30.7 Å². The number of aromatic nitrogens is 5. The second kappa shape index (κ2) is 4.64. The number of hydrogen-bond donors (Lipinski definition) is 4. The van der Waals surface area contributed by atoms with E-state index >= 15 is 0 Å². The number of carbonyl (C=O) groups is 1. The summed E-state index contributed by atoms with van der Waals surface area (Å²) in [6.07, 6.45) is 2.00. The normalized spacial score (nSPS) is 10.4. The molecule has 0 atom stereocenters. The summed E-state index contributed by atoms with van der Waals surface area (Å²) in [5.41, 5.74) is 6.97. The first-order chi connectivity index (χ1) is 8.18. The Labute approximate surface area is 97.0 Å². The van der Waals surface area contributed by atoms with E-state index in [1.807, 2.05) is 0 Å². The summed E-state index contributed by atoms with van der Waals surface area (Å²) in [6, 6.07) is 0. The first-order valence-electron chi connectivity index (χ1n) is 5.11. The molecule has 2 aromatic heterocycles. The Bertz CT molecular complexity index is 501. The van der Waals surface area contributed by atoms with Crippen molar-refractivity contribution in [1.29, 1.82) is 0 Å². The van der Waals surface area contributed by atoms with Gasteiger partial charge in [0.15, 0.2) is 5.69 Å². The number of nitrogens with one attached hydrogen (secondary N) is 3. The molecule has 0 fully saturated rings. The zero-order valence-corrected chi connectivity index (χ0v) is 9.32. The van der Waals surface area contributed by atoms with Crippen LogP contribution in [0.25, 0.3) is 0 Å². The van der Waals surface area contributed by atoms with Crippen molar-refractivity contribution < 1.29 is 4.79 Å². The first-order valence-corrected chi connectivity index (χ1v) is 5.11. The van der Waals surface area contributed by atoms with Crippen LogP contribution in [0.3, 0.4) is 0 Å². The number of aryl methyl sites for hydroxylation is 1. The fraction of sp³-hybridized carbons (Fsp3) is 0.333. The number of aromatic amines is 2. The van der Waals surface area contributed by atoms with Gasteiger partial charge in [-0.3, -0.25) is 15.0 Å². The van der Waals surface area contributed by atoms with Crippen molar-refractivity contribution in [2.24, 2.45) is 0 Å². The van der Waals surface area contributed by atoms with Gasteiger partial charge in [-0.1, -0.05) is 0 Å². The molecule has 5 N–H and O–H groups in total. The number of nitrogen functional groups attached to an aromatic ring is 1. The van der Waals surface area contributed by atoms with Gasteiger partial charge in [0.25, 0.3) is 5.91 Å². The van der Waals surface area contributed by atoms with Crippen molar-refractivity contribution in [1.82, 2.24) is 30.7 Å². The van der Waals surface area contributed by atoms with E-state index in [1.165, 1.54) is 6.33 Å². The van der Waals surface area contributed by atoms with Gasteiger partial charge in [0, 0.05) is 13.0 Å².